The molecule has 3 heteroatoms. The summed E-state index contributed by atoms with van der Waals surface area (Å²) in [7, 11) is 0. The van der Waals surface area contributed by atoms with Gasteiger partial charge in [-0.2, -0.15) is 0 Å². The van der Waals surface area contributed by atoms with Gasteiger partial charge in [-0.25, -0.2) is 0 Å². The molecular formula is C14H23NO2. The Labute approximate surface area is 104 Å². The Morgan fingerprint density at radius 1 is 1.18 bits per heavy atom. The lowest BCUT2D eigenvalue weighted by Crippen LogP contribution is -2.19. The molecule has 1 unspecified atom stereocenters. The monoisotopic (exact) mass is 237 g/mol. The molecule has 1 rings (SSSR count). The Kier molecular flexibility index (Phi) is 6.01. The average Bonchev–Trinajstić information content (AvgIpc) is 2.36. The molecule has 0 bridgehead atoms. The fourth-order valence-corrected chi connectivity index (χ4v) is 1.58. The number of nitrogens with two attached hydrogens (primary N) is 1. The predicted molar refractivity (Wildman–Crippen MR) is 70.2 cm³/mol. The SMILES string of the molecule is CCOCC(C)Oc1ccc([C@@H](N)CC)cc1. The molecule has 0 aromatic heterocycles. The first-order valence-corrected chi connectivity index (χ1v) is 6.27. The van der Waals surface area contributed by atoms with Crippen LogP contribution in [-0.4, -0.2) is 19.3 Å². The van der Waals surface area contributed by atoms with Crippen molar-refractivity contribution in [2.75, 3.05) is 13.2 Å². The number of hydrogen-bond acceptors (Lipinski definition) is 3. The molecular weight excluding hydrogens is 214 g/mol. The van der Waals surface area contributed by atoms with E-state index < -0.39 is 0 Å². The lowest BCUT2D eigenvalue weighted by Gasteiger charge is -2.15. The number of ether oxygens (including phenoxy) is 2. The third-order valence-corrected chi connectivity index (χ3v) is 2.64. The van der Waals surface area contributed by atoms with E-state index >= 15 is 0 Å². The van der Waals surface area contributed by atoms with Crippen LogP contribution in [0.15, 0.2) is 24.3 Å². The highest BCUT2D eigenvalue weighted by Crippen LogP contribution is 2.19. The van der Waals surface area contributed by atoms with E-state index in [1.807, 2.05) is 38.1 Å². The molecule has 0 aliphatic carbocycles. The van der Waals surface area contributed by atoms with E-state index in [0.29, 0.717) is 6.61 Å². The van der Waals surface area contributed by atoms with Gasteiger partial charge in [0.2, 0.25) is 0 Å². The third-order valence-electron chi connectivity index (χ3n) is 2.64. The Morgan fingerprint density at radius 2 is 1.82 bits per heavy atom. The zero-order chi connectivity index (χ0) is 12.7. The van der Waals surface area contributed by atoms with E-state index in [4.69, 9.17) is 15.2 Å². The predicted octanol–water partition coefficient (Wildman–Crippen LogP) is 2.90. The molecule has 0 aliphatic rings. The molecule has 0 heterocycles. The van der Waals surface area contributed by atoms with Gasteiger partial charge in [0.15, 0.2) is 0 Å². The topological polar surface area (TPSA) is 44.5 Å². The van der Waals surface area contributed by atoms with Crippen molar-refractivity contribution in [1.82, 2.24) is 0 Å². The van der Waals surface area contributed by atoms with Crippen molar-refractivity contribution in [3.8, 4) is 5.75 Å². The van der Waals surface area contributed by atoms with E-state index in [0.717, 1.165) is 24.3 Å². The maximum atomic E-state index is 5.95. The van der Waals surface area contributed by atoms with Gasteiger partial charge in [0.05, 0.1) is 6.61 Å². The number of hydrogen-bond donors (Lipinski definition) is 1. The van der Waals surface area contributed by atoms with Gasteiger partial charge in [0.25, 0.3) is 0 Å². The first-order chi connectivity index (χ1) is 8.17. The first-order valence-electron chi connectivity index (χ1n) is 6.27. The van der Waals surface area contributed by atoms with Gasteiger partial charge >= 0.3 is 0 Å². The molecule has 0 spiro atoms. The van der Waals surface area contributed by atoms with Crippen LogP contribution in [0, 0.1) is 0 Å². The molecule has 0 amide bonds. The second-order valence-corrected chi connectivity index (χ2v) is 4.17. The summed E-state index contributed by atoms with van der Waals surface area (Å²) in [6, 6.07) is 8.10. The van der Waals surface area contributed by atoms with Crippen LogP contribution >= 0.6 is 0 Å². The maximum absolute atomic E-state index is 5.95. The van der Waals surface area contributed by atoms with E-state index in [1.54, 1.807) is 0 Å². The van der Waals surface area contributed by atoms with Gasteiger partial charge in [-0.1, -0.05) is 19.1 Å². The van der Waals surface area contributed by atoms with Crippen LogP contribution in [0.25, 0.3) is 0 Å². The van der Waals surface area contributed by atoms with Gasteiger partial charge in [-0.3, -0.25) is 0 Å². The average molecular weight is 237 g/mol. The lowest BCUT2D eigenvalue weighted by atomic mass is 10.1. The molecule has 3 nitrogen and oxygen atoms in total. The Bertz CT molecular complexity index is 311. The third kappa shape index (κ3) is 4.75. The van der Waals surface area contributed by atoms with Crippen LogP contribution in [0.2, 0.25) is 0 Å². The number of rotatable bonds is 7. The van der Waals surface area contributed by atoms with E-state index in [1.165, 1.54) is 0 Å². The largest absolute Gasteiger partial charge is 0.488 e. The highest BCUT2D eigenvalue weighted by atomic mass is 16.5. The van der Waals surface area contributed by atoms with Crippen LogP contribution < -0.4 is 10.5 Å². The Morgan fingerprint density at radius 3 is 2.35 bits per heavy atom. The summed E-state index contributed by atoms with van der Waals surface area (Å²) in [4.78, 5) is 0. The Balaban J connectivity index is 2.50. The summed E-state index contributed by atoms with van der Waals surface area (Å²) in [6.07, 6.45) is 1.02. The fourth-order valence-electron chi connectivity index (χ4n) is 1.58. The van der Waals surface area contributed by atoms with E-state index in [-0.39, 0.29) is 12.1 Å². The highest BCUT2D eigenvalue weighted by molar-refractivity contribution is 5.29. The Hall–Kier alpha value is -1.06. The molecule has 0 saturated heterocycles. The van der Waals surface area contributed by atoms with Gasteiger partial charge in [0, 0.05) is 12.6 Å². The molecule has 0 saturated carbocycles. The summed E-state index contributed by atoms with van der Waals surface area (Å²) in [5, 5.41) is 0. The van der Waals surface area contributed by atoms with Crippen molar-refractivity contribution in [1.29, 1.82) is 0 Å². The lowest BCUT2D eigenvalue weighted by molar-refractivity contribution is 0.0657. The van der Waals surface area contributed by atoms with Crippen molar-refractivity contribution in [2.24, 2.45) is 5.73 Å². The van der Waals surface area contributed by atoms with E-state index in [2.05, 4.69) is 6.92 Å². The molecule has 2 atom stereocenters. The second kappa shape index (κ2) is 7.30. The minimum atomic E-state index is 0.0700. The fraction of sp³-hybridized carbons (Fsp3) is 0.571. The summed E-state index contributed by atoms with van der Waals surface area (Å²) < 4.78 is 11.0. The van der Waals surface area contributed by atoms with Crippen molar-refractivity contribution in [3.05, 3.63) is 29.8 Å². The van der Waals surface area contributed by atoms with Crippen molar-refractivity contribution < 1.29 is 9.47 Å². The smallest absolute Gasteiger partial charge is 0.119 e. The van der Waals surface area contributed by atoms with Crippen LogP contribution in [0.3, 0.4) is 0 Å². The molecule has 1 aromatic carbocycles. The molecule has 1 aromatic rings. The molecule has 0 radical (unpaired) electrons. The van der Waals surface area contributed by atoms with Gasteiger partial charge in [-0.05, 0) is 38.0 Å². The summed E-state index contributed by atoms with van der Waals surface area (Å²) in [6.45, 7) is 7.40. The van der Waals surface area contributed by atoms with Gasteiger partial charge in [-0.15, -0.1) is 0 Å². The van der Waals surface area contributed by atoms with E-state index in [9.17, 15) is 0 Å². The standard InChI is InChI=1S/C14H23NO2/c1-4-14(15)12-6-8-13(9-7-12)17-11(3)10-16-5-2/h6-9,11,14H,4-5,10,15H2,1-3H3/t11?,14-/m0/s1. The molecule has 96 valence electrons. The summed E-state index contributed by atoms with van der Waals surface area (Å²) >= 11 is 0. The molecule has 0 fully saturated rings. The first kappa shape index (κ1) is 14.0. The highest BCUT2D eigenvalue weighted by Gasteiger charge is 2.06. The summed E-state index contributed by atoms with van der Waals surface area (Å²) in [5.41, 5.74) is 7.10. The van der Waals surface area contributed by atoms with Crippen LogP contribution in [0.5, 0.6) is 5.75 Å². The molecule has 17 heavy (non-hydrogen) atoms. The molecule has 0 aliphatic heterocycles. The normalized spacial score (nSPS) is 14.4. The van der Waals surface area contributed by atoms with Crippen molar-refractivity contribution in [3.63, 3.8) is 0 Å². The zero-order valence-corrected chi connectivity index (χ0v) is 11.0. The van der Waals surface area contributed by atoms with Crippen molar-refractivity contribution >= 4 is 0 Å². The second-order valence-electron chi connectivity index (χ2n) is 4.17. The van der Waals surface area contributed by atoms with Gasteiger partial charge < -0.3 is 15.2 Å². The zero-order valence-electron chi connectivity index (χ0n) is 11.0. The van der Waals surface area contributed by atoms with Crippen LogP contribution in [-0.2, 0) is 4.74 Å². The quantitative estimate of drug-likeness (QED) is 0.793. The minimum absolute atomic E-state index is 0.0700. The van der Waals surface area contributed by atoms with Gasteiger partial charge in [0.1, 0.15) is 11.9 Å². The van der Waals surface area contributed by atoms with Crippen molar-refractivity contribution in [2.45, 2.75) is 39.3 Å². The maximum Gasteiger partial charge on any atom is 0.119 e. The minimum Gasteiger partial charge on any atom is -0.488 e. The number of benzene rings is 1. The van der Waals surface area contributed by atoms with Crippen LogP contribution in [0.1, 0.15) is 38.8 Å². The van der Waals surface area contributed by atoms with Crippen LogP contribution in [0.4, 0.5) is 0 Å². The summed E-state index contributed by atoms with van der Waals surface area (Å²) in [5.74, 6) is 0.865. The molecule has 2 N–H and O–H groups in total.